The van der Waals surface area contributed by atoms with Crippen molar-refractivity contribution < 1.29 is 4.74 Å². The SMILES string of the molecule is COc1cccc(-c2cc(=O)n(C)c3ncc([C@@](N)(c4ccc(Cl)cc4)c4cncn4C)cc23)c1. The van der Waals surface area contributed by atoms with Crippen LogP contribution in [-0.2, 0) is 19.6 Å². The molecule has 0 aliphatic heterocycles. The Labute approximate surface area is 207 Å². The standard InChI is InChI=1S/C27H24ClN5O2/c1-32-16-30-15-24(32)27(29,18-7-9-20(28)10-8-18)19-12-23-22(17-5-4-6-21(11-17)35-3)13-25(34)33(2)26(23)31-14-19/h4-16H,29H2,1-3H3/t27-/m0/s1. The van der Waals surface area contributed by atoms with Crippen LogP contribution in [0.2, 0.25) is 5.02 Å². The van der Waals surface area contributed by atoms with Crippen LogP contribution in [0.15, 0.2) is 84.2 Å². The van der Waals surface area contributed by atoms with Crippen LogP contribution in [0.3, 0.4) is 0 Å². The van der Waals surface area contributed by atoms with E-state index in [0.29, 0.717) is 16.4 Å². The first-order valence-electron chi connectivity index (χ1n) is 11.0. The Morgan fingerprint density at radius 1 is 1.00 bits per heavy atom. The number of hydrogen-bond acceptors (Lipinski definition) is 5. The molecular weight excluding hydrogens is 462 g/mol. The minimum Gasteiger partial charge on any atom is -0.497 e. The Morgan fingerprint density at radius 3 is 2.46 bits per heavy atom. The van der Waals surface area contributed by atoms with Crippen molar-refractivity contribution >= 4 is 22.6 Å². The summed E-state index contributed by atoms with van der Waals surface area (Å²) in [5.74, 6) is 0.699. The molecule has 3 heterocycles. The maximum atomic E-state index is 12.8. The zero-order valence-electron chi connectivity index (χ0n) is 19.6. The van der Waals surface area contributed by atoms with E-state index in [1.807, 2.05) is 66.2 Å². The van der Waals surface area contributed by atoms with Crippen molar-refractivity contribution in [1.82, 2.24) is 19.1 Å². The van der Waals surface area contributed by atoms with E-state index in [9.17, 15) is 4.79 Å². The number of aryl methyl sites for hydroxylation is 2. The minimum atomic E-state index is -1.07. The van der Waals surface area contributed by atoms with Crippen LogP contribution in [-0.4, -0.2) is 26.2 Å². The van der Waals surface area contributed by atoms with Crippen LogP contribution in [0, 0.1) is 0 Å². The largest absolute Gasteiger partial charge is 0.497 e. The number of fused-ring (bicyclic) bond motifs is 1. The van der Waals surface area contributed by atoms with Gasteiger partial charge in [0.2, 0.25) is 0 Å². The average Bonchev–Trinajstić information content (AvgIpc) is 3.32. The van der Waals surface area contributed by atoms with Gasteiger partial charge in [-0.3, -0.25) is 9.36 Å². The van der Waals surface area contributed by atoms with E-state index in [4.69, 9.17) is 27.1 Å². The molecule has 3 aromatic heterocycles. The summed E-state index contributed by atoms with van der Waals surface area (Å²) in [7, 11) is 5.23. The molecule has 0 saturated heterocycles. The predicted octanol–water partition coefficient (Wildman–Crippen LogP) is 4.25. The number of rotatable bonds is 5. The zero-order chi connectivity index (χ0) is 24.7. The lowest BCUT2D eigenvalue weighted by Gasteiger charge is -2.31. The number of nitrogens with zero attached hydrogens (tertiary/aromatic N) is 4. The number of aromatic nitrogens is 4. The van der Waals surface area contributed by atoms with Gasteiger partial charge in [-0.15, -0.1) is 0 Å². The van der Waals surface area contributed by atoms with Gasteiger partial charge in [-0.05, 0) is 47.0 Å². The highest BCUT2D eigenvalue weighted by molar-refractivity contribution is 6.30. The number of methoxy groups -OCH3 is 1. The summed E-state index contributed by atoms with van der Waals surface area (Å²) in [5.41, 5.74) is 10.5. The first-order chi connectivity index (χ1) is 16.8. The summed E-state index contributed by atoms with van der Waals surface area (Å²) in [4.78, 5) is 21.8. The normalized spacial score (nSPS) is 13.1. The fourth-order valence-corrected chi connectivity index (χ4v) is 4.61. The summed E-state index contributed by atoms with van der Waals surface area (Å²) >= 11 is 6.17. The van der Waals surface area contributed by atoms with E-state index in [2.05, 4.69) is 4.98 Å². The first kappa shape index (κ1) is 22.8. The van der Waals surface area contributed by atoms with E-state index in [0.717, 1.165) is 33.3 Å². The number of pyridine rings is 2. The lowest BCUT2D eigenvalue weighted by Crippen LogP contribution is -2.41. The quantitative estimate of drug-likeness (QED) is 0.402. The molecule has 0 spiro atoms. The predicted molar refractivity (Wildman–Crippen MR) is 138 cm³/mol. The van der Waals surface area contributed by atoms with Crippen molar-refractivity contribution in [3.8, 4) is 16.9 Å². The maximum absolute atomic E-state index is 12.8. The molecule has 1 atom stereocenters. The van der Waals surface area contributed by atoms with Crippen LogP contribution in [0.25, 0.3) is 22.2 Å². The zero-order valence-corrected chi connectivity index (χ0v) is 20.3. The van der Waals surface area contributed by atoms with Gasteiger partial charge in [0.25, 0.3) is 5.56 Å². The summed E-state index contributed by atoms with van der Waals surface area (Å²) < 4.78 is 8.84. The molecule has 176 valence electrons. The third kappa shape index (κ3) is 3.79. The molecule has 2 aromatic carbocycles. The van der Waals surface area contributed by atoms with Crippen molar-refractivity contribution in [2.45, 2.75) is 5.54 Å². The molecule has 0 saturated carbocycles. The van der Waals surface area contributed by atoms with E-state index >= 15 is 0 Å². The van der Waals surface area contributed by atoms with Crippen molar-refractivity contribution in [2.75, 3.05) is 7.11 Å². The Morgan fingerprint density at radius 2 is 1.77 bits per heavy atom. The lowest BCUT2D eigenvalue weighted by molar-refractivity contribution is 0.415. The maximum Gasteiger partial charge on any atom is 0.252 e. The number of imidazole rings is 1. The third-order valence-corrected chi connectivity index (χ3v) is 6.68. The molecule has 7 nitrogen and oxygen atoms in total. The fourth-order valence-electron chi connectivity index (χ4n) is 4.48. The lowest BCUT2D eigenvalue weighted by atomic mass is 9.81. The monoisotopic (exact) mass is 485 g/mol. The molecule has 0 aliphatic rings. The van der Waals surface area contributed by atoms with Crippen LogP contribution in [0.4, 0.5) is 0 Å². The molecule has 8 heteroatoms. The number of halogens is 1. The van der Waals surface area contributed by atoms with Crippen LogP contribution < -0.4 is 16.0 Å². The minimum absolute atomic E-state index is 0.154. The third-order valence-electron chi connectivity index (χ3n) is 6.43. The molecule has 0 amide bonds. The van der Waals surface area contributed by atoms with Gasteiger partial charge in [0, 0.05) is 42.3 Å². The van der Waals surface area contributed by atoms with Crippen LogP contribution >= 0.6 is 11.6 Å². The fraction of sp³-hybridized carbons (Fsp3) is 0.148. The molecule has 5 aromatic rings. The average molecular weight is 486 g/mol. The molecule has 0 aliphatic carbocycles. The Hall–Kier alpha value is -3.94. The summed E-state index contributed by atoms with van der Waals surface area (Å²) in [6.07, 6.45) is 5.19. The van der Waals surface area contributed by atoms with Gasteiger partial charge in [-0.1, -0.05) is 35.9 Å². The van der Waals surface area contributed by atoms with E-state index in [-0.39, 0.29) is 5.56 Å². The van der Waals surface area contributed by atoms with Crippen LogP contribution in [0.5, 0.6) is 5.75 Å². The highest BCUT2D eigenvalue weighted by atomic mass is 35.5. The Bertz CT molecular complexity index is 1610. The van der Waals surface area contributed by atoms with Gasteiger partial charge < -0.3 is 15.0 Å². The van der Waals surface area contributed by atoms with Gasteiger partial charge in [0.15, 0.2) is 0 Å². The first-order valence-corrected chi connectivity index (χ1v) is 11.4. The topological polar surface area (TPSA) is 88.0 Å². The molecule has 0 bridgehead atoms. The summed E-state index contributed by atoms with van der Waals surface area (Å²) in [6.45, 7) is 0. The number of hydrogen-bond donors (Lipinski definition) is 1. The number of nitrogens with two attached hydrogens (primary N) is 1. The smallest absolute Gasteiger partial charge is 0.252 e. The molecule has 0 fully saturated rings. The van der Waals surface area contributed by atoms with Gasteiger partial charge in [0.1, 0.15) is 16.9 Å². The van der Waals surface area contributed by atoms with E-state index < -0.39 is 5.54 Å². The van der Waals surface area contributed by atoms with Crippen LogP contribution in [0.1, 0.15) is 16.8 Å². The van der Waals surface area contributed by atoms with Crippen molar-refractivity contribution in [2.24, 2.45) is 19.8 Å². The van der Waals surface area contributed by atoms with Crippen molar-refractivity contribution in [3.63, 3.8) is 0 Å². The Kier molecular flexibility index (Phi) is 5.67. The number of benzene rings is 2. The van der Waals surface area contributed by atoms with Gasteiger partial charge in [0.05, 0.1) is 25.3 Å². The molecule has 5 rings (SSSR count). The molecular formula is C27H24ClN5O2. The van der Waals surface area contributed by atoms with E-state index in [1.54, 1.807) is 38.9 Å². The second-order valence-electron chi connectivity index (χ2n) is 8.49. The van der Waals surface area contributed by atoms with Gasteiger partial charge >= 0.3 is 0 Å². The second-order valence-corrected chi connectivity index (χ2v) is 8.92. The van der Waals surface area contributed by atoms with Gasteiger partial charge in [-0.25, -0.2) is 9.97 Å². The summed E-state index contributed by atoms with van der Waals surface area (Å²) in [5, 5.41) is 1.41. The highest BCUT2D eigenvalue weighted by Crippen LogP contribution is 2.37. The van der Waals surface area contributed by atoms with Crippen molar-refractivity contribution in [1.29, 1.82) is 0 Å². The van der Waals surface area contributed by atoms with Gasteiger partial charge in [-0.2, -0.15) is 0 Å². The Balaban J connectivity index is 1.83. The molecule has 0 radical (unpaired) electrons. The second kappa shape index (κ2) is 8.69. The van der Waals surface area contributed by atoms with E-state index in [1.165, 1.54) is 4.57 Å². The van der Waals surface area contributed by atoms with Crippen molar-refractivity contribution in [3.05, 3.63) is 112 Å². The molecule has 0 unspecified atom stereocenters. The molecule has 2 N–H and O–H groups in total. The highest BCUT2D eigenvalue weighted by Gasteiger charge is 2.35. The number of ether oxygens (including phenoxy) is 1. The molecule has 35 heavy (non-hydrogen) atoms. The summed E-state index contributed by atoms with van der Waals surface area (Å²) in [6, 6.07) is 18.7.